The second-order valence-corrected chi connectivity index (χ2v) is 35.1. The average Bonchev–Trinajstić information content (AvgIpc) is 0.761. The number of amides is 4. The van der Waals surface area contributed by atoms with Crippen LogP contribution in [0, 0.1) is 0 Å². The molecule has 0 aliphatic heterocycles. The first-order valence-electron chi connectivity index (χ1n) is 39.9. The van der Waals surface area contributed by atoms with Crippen molar-refractivity contribution in [1.82, 2.24) is 20.3 Å². The number of hydroxylamine groups is 8. The van der Waals surface area contributed by atoms with Gasteiger partial charge in [0.25, 0.3) is 23.6 Å². The van der Waals surface area contributed by atoms with E-state index >= 15 is 9.59 Å². The Balaban J connectivity index is 0.000000196. The predicted octanol–water partition coefficient (Wildman–Crippen LogP) is 22.6. The Labute approximate surface area is 660 Å². The van der Waals surface area contributed by atoms with Crippen LogP contribution in [0.25, 0.3) is 43.1 Å². The van der Waals surface area contributed by atoms with Crippen molar-refractivity contribution in [2.45, 2.75) is 204 Å². The summed E-state index contributed by atoms with van der Waals surface area (Å²) in [6, 6.07) is 84.6. The number of fused-ring (bicyclic) bond motifs is 4. The summed E-state index contributed by atoms with van der Waals surface area (Å²) < 4.78 is 0. The fourth-order valence-corrected chi connectivity index (χ4v) is 17.0. The van der Waals surface area contributed by atoms with Gasteiger partial charge < -0.3 is 0 Å². The van der Waals surface area contributed by atoms with E-state index in [1.807, 2.05) is 218 Å². The normalized spacial score (nSPS) is 16.4. The first kappa shape index (κ1) is 79.5. The van der Waals surface area contributed by atoms with Crippen LogP contribution in [0.4, 0.5) is 0 Å². The molecular weight excluding hydrogens is 1390 g/mol. The van der Waals surface area contributed by atoms with Crippen molar-refractivity contribution < 1.29 is 40.0 Å². The molecule has 2 aliphatic rings. The number of rotatable bonds is 16. The van der Waals surface area contributed by atoms with Gasteiger partial charge in [-0.2, -0.15) is 0 Å². The number of carbonyl (C=O) groups is 4. The van der Waals surface area contributed by atoms with Gasteiger partial charge in [-0.25, -0.2) is 20.3 Å². The smallest absolute Gasteiger partial charge is 0.258 e. The molecule has 2 aliphatic carbocycles. The largest absolute Gasteiger partial charge is 0.286 e. The summed E-state index contributed by atoms with van der Waals surface area (Å²) in [4.78, 5) is 59.7. The van der Waals surface area contributed by atoms with Crippen molar-refractivity contribution in [2.24, 2.45) is 0 Å². The Kier molecular flexibility index (Phi) is 23.4. The van der Waals surface area contributed by atoms with E-state index in [1.165, 1.54) is 0 Å². The fraction of sp³-hybridized carbons (Fsp3) is 0.320. The van der Waals surface area contributed by atoms with Crippen molar-refractivity contribution in [3.8, 4) is 0 Å². The quantitative estimate of drug-likeness (QED) is 0.0549. The van der Waals surface area contributed by atoms with Crippen LogP contribution in [0.1, 0.15) is 225 Å². The Bertz CT molecular complexity index is 4710. The Morgan fingerprint density at radius 2 is 0.429 bits per heavy atom. The van der Waals surface area contributed by atoms with Crippen LogP contribution >= 0.6 is 0 Å². The molecule has 12 aromatic rings. The zero-order chi connectivity index (χ0) is 79.6. The monoisotopic (exact) mass is 1490 g/mol. The Morgan fingerprint density at radius 3 is 0.625 bits per heavy atom. The second-order valence-electron chi connectivity index (χ2n) is 35.1. The molecule has 12 heteroatoms. The van der Waals surface area contributed by atoms with Crippen LogP contribution in [0.15, 0.2) is 267 Å². The summed E-state index contributed by atoms with van der Waals surface area (Å²) in [5.41, 5.74) is 10.5. The summed E-state index contributed by atoms with van der Waals surface area (Å²) in [7, 11) is 0. The van der Waals surface area contributed by atoms with Gasteiger partial charge >= 0.3 is 0 Å². The van der Waals surface area contributed by atoms with E-state index in [0.717, 1.165) is 156 Å². The molecule has 576 valence electrons. The third kappa shape index (κ3) is 16.8. The van der Waals surface area contributed by atoms with E-state index in [-0.39, 0.29) is 21.7 Å². The molecule has 12 aromatic carbocycles. The maximum absolute atomic E-state index is 15.1. The minimum Gasteiger partial charge on any atom is -0.286 e. The van der Waals surface area contributed by atoms with Crippen LogP contribution in [0.2, 0.25) is 0 Å². The standard InChI is InChI=1S/C50H42N2O4.C50H66N2O4/c53-49(47(41-27-11-19-33-15-1-5-23-37(33)41)42-28-12-20-34-16-2-6-24-38(34)42)51(55)45-31-9-10-32-46(45)52(56)50(54)48(43-29-13-21-35-17-3-7-25-39(35)43)44-30-14-22-36-18-4-8-26-40(36)44;1-47(2,3)37-25-17-33(18-26-37)43(34-19-27-38(28-20-34)48(4,5)6)45(53)51(55)41-15-13-14-16-42(41)52(56)46(54)44(35-21-29-39(30-22-35)49(7,8)9)36-23-31-40(32-24-36)50(10,11)12/h1-8,11-30,45-48,55-56H,9-10,31-32H2;17-32,41-44,55-56H,13-16H2,1-12H3/t45-,46?;41-,42?/m11/s1. The summed E-state index contributed by atoms with van der Waals surface area (Å²) in [5.74, 6) is -5.27. The molecule has 12 nitrogen and oxygen atoms in total. The van der Waals surface area contributed by atoms with E-state index in [2.05, 4.69) is 132 Å². The van der Waals surface area contributed by atoms with Crippen molar-refractivity contribution in [3.63, 3.8) is 0 Å². The molecule has 4 atom stereocenters. The number of carbonyl (C=O) groups excluding carboxylic acids is 4. The molecule has 112 heavy (non-hydrogen) atoms. The highest BCUT2D eigenvalue weighted by Crippen LogP contribution is 2.43. The van der Waals surface area contributed by atoms with Crippen LogP contribution in [0.5, 0.6) is 0 Å². The van der Waals surface area contributed by atoms with Gasteiger partial charge in [-0.05, 0) is 157 Å². The van der Waals surface area contributed by atoms with Gasteiger partial charge in [0, 0.05) is 0 Å². The van der Waals surface area contributed by atoms with Crippen LogP contribution in [0.3, 0.4) is 0 Å². The van der Waals surface area contributed by atoms with Crippen molar-refractivity contribution in [2.75, 3.05) is 0 Å². The number of hydrogen-bond acceptors (Lipinski definition) is 8. The molecule has 0 heterocycles. The van der Waals surface area contributed by atoms with E-state index in [1.54, 1.807) is 0 Å². The molecular formula is C100H108N4O8. The highest BCUT2D eigenvalue weighted by Gasteiger charge is 2.45. The SMILES string of the molecule is CC(C)(C)c1ccc(C(C(=O)N(O)C2CCCC[C@H]2N(O)C(=O)C(c2ccc(C(C)(C)C)cc2)c2ccc(C(C)(C)C)cc2)c2ccc(C(C)(C)C)cc2)cc1.O=C(C(c1cccc2ccccc12)c1cccc2ccccc12)N(O)C1CCCC[C@H]1N(O)C(=O)C(c1cccc2ccccc12)c1cccc2ccccc12. The number of hydrogen-bond donors (Lipinski definition) is 4. The lowest BCUT2D eigenvalue weighted by atomic mass is 9.81. The van der Waals surface area contributed by atoms with E-state index in [0.29, 0.717) is 25.7 Å². The third-order valence-corrected chi connectivity index (χ3v) is 23.5. The van der Waals surface area contributed by atoms with E-state index < -0.39 is 71.5 Å². The maximum Gasteiger partial charge on any atom is 0.258 e. The summed E-state index contributed by atoms with van der Waals surface area (Å²) in [6.45, 7) is 25.9. The maximum atomic E-state index is 15.1. The molecule has 0 saturated heterocycles. The molecule has 2 saturated carbocycles. The molecule has 2 fully saturated rings. The molecule has 0 spiro atoms. The van der Waals surface area contributed by atoms with Gasteiger partial charge in [-0.1, -0.05) is 376 Å². The van der Waals surface area contributed by atoms with Gasteiger partial charge in [0.2, 0.25) is 0 Å². The number of benzene rings is 12. The lowest BCUT2D eigenvalue weighted by Crippen LogP contribution is -2.56. The Hall–Kier alpha value is -10.6. The molecule has 0 radical (unpaired) electrons. The van der Waals surface area contributed by atoms with Crippen LogP contribution < -0.4 is 0 Å². The third-order valence-electron chi connectivity index (χ3n) is 23.5. The highest BCUT2D eigenvalue weighted by molar-refractivity contribution is 6.01. The lowest BCUT2D eigenvalue weighted by Gasteiger charge is -2.41. The molecule has 4 amide bonds. The van der Waals surface area contributed by atoms with Crippen molar-refractivity contribution in [3.05, 3.63) is 334 Å². The van der Waals surface area contributed by atoms with Gasteiger partial charge in [0.1, 0.15) is 0 Å². The molecule has 0 bridgehead atoms. The van der Waals surface area contributed by atoms with Gasteiger partial charge in [0.15, 0.2) is 0 Å². The van der Waals surface area contributed by atoms with Gasteiger partial charge in [0.05, 0.1) is 47.8 Å². The summed E-state index contributed by atoms with van der Waals surface area (Å²) in [5, 5.41) is 59.5. The molecule has 14 rings (SSSR count). The van der Waals surface area contributed by atoms with E-state index in [4.69, 9.17) is 0 Å². The van der Waals surface area contributed by atoms with Crippen LogP contribution in [-0.4, -0.2) is 88.9 Å². The fourth-order valence-electron chi connectivity index (χ4n) is 17.0. The van der Waals surface area contributed by atoms with Crippen LogP contribution in [-0.2, 0) is 40.8 Å². The van der Waals surface area contributed by atoms with Crippen molar-refractivity contribution >= 4 is 66.7 Å². The zero-order valence-corrected chi connectivity index (χ0v) is 66.9. The molecule has 2 unspecified atom stereocenters. The highest BCUT2D eigenvalue weighted by atomic mass is 16.5. The minimum atomic E-state index is -0.860. The van der Waals surface area contributed by atoms with Gasteiger partial charge in [-0.15, -0.1) is 0 Å². The van der Waals surface area contributed by atoms with Gasteiger partial charge in [-0.3, -0.25) is 40.0 Å². The molecule has 0 aromatic heterocycles. The first-order valence-corrected chi connectivity index (χ1v) is 39.9. The minimum absolute atomic E-state index is 0.0665. The van der Waals surface area contributed by atoms with E-state index in [9.17, 15) is 30.4 Å². The number of nitrogens with zero attached hydrogens (tertiary/aromatic N) is 4. The molecule has 4 N–H and O–H groups in total. The lowest BCUT2D eigenvalue weighted by molar-refractivity contribution is -0.213. The zero-order valence-electron chi connectivity index (χ0n) is 66.9. The van der Waals surface area contributed by atoms with Crippen molar-refractivity contribution in [1.29, 1.82) is 0 Å². The second kappa shape index (κ2) is 33.0. The topological polar surface area (TPSA) is 162 Å². The Morgan fingerprint density at radius 1 is 0.250 bits per heavy atom. The first-order chi connectivity index (χ1) is 53.5. The summed E-state index contributed by atoms with van der Waals surface area (Å²) >= 11 is 0. The summed E-state index contributed by atoms with van der Waals surface area (Å²) in [6.07, 6.45) is 4.70. The average molecular weight is 1490 g/mol. The predicted molar refractivity (Wildman–Crippen MR) is 450 cm³/mol.